The summed E-state index contributed by atoms with van der Waals surface area (Å²) >= 11 is 0. The molecule has 0 aromatic heterocycles. The Morgan fingerprint density at radius 2 is 1.81 bits per heavy atom. The van der Waals surface area contributed by atoms with Crippen molar-refractivity contribution in [1.82, 2.24) is 0 Å². The summed E-state index contributed by atoms with van der Waals surface area (Å²) in [5.74, 6) is 0.888. The first-order valence-electron chi connectivity index (χ1n) is 6.78. The first-order chi connectivity index (χ1) is 7.57. The van der Waals surface area contributed by atoms with Crippen molar-refractivity contribution < 1.29 is 9.90 Å². The van der Waals surface area contributed by atoms with Gasteiger partial charge in [-0.1, -0.05) is 52.9 Å². The minimum Gasteiger partial charge on any atom is -0.392 e. The van der Waals surface area contributed by atoms with Crippen molar-refractivity contribution in [2.45, 2.75) is 65.4 Å². The fourth-order valence-electron chi connectivity index (χ4n) is 2.91. The van der Waals surface area contributed by atoms with Crippen molar-refractivity contribution in [1.29, 1.82) is 0 Å². The molecular formula is C14H26O2. The Hall–Kier alpha value is -0.370. The van der Waals surface area contributed by atoms with E-state index in [1.54, 1.807) is 0 Å². The molecule has 0 heterocycles. The fourth-order valence-corrected chi connectivity index (χ4v) is 2.91. The van der Waals surface area contributed by atoms with Gasteiger partial charge < -0.3 is 5.11 Å². The van der Waals surface area contributed by atoms with Gasteiger partial charge in [0.15, 0.2) is 0 Å². The number of aliphatic hydroxyl groups excluding tert-OH is 1. The molecule has 1 saturated carbocycles. The van der Waals surface area contributed by atoms with Crippen LogP contribution in [-0.2, 0) is 4.79 Å². The van der Waals surface area contributed by atoms with Gasteiger partial charge >= 0.3 is 0 Å². The molecule has 94 valence electrons. The molecule has 1 fully saturated rings. The molecule has 0 radical (unpaired) electrons. The second-order valence-corrected chi connectivity index (χ2v) is 5.36. The summed E-state index contributed by atoms with van der Waals surface area (Å²) in [7, 11) is 0. The highest BCUT2D eigenvalue weighted by Crippen LogP contribution is 2.33. The molecule has 0 amide bonds. The minimum absolute atomic E-state index is 0.190. The van der Waals surface area contributed by atoms with E-state index in [-0.39, 0.29) is 17.6 Å². The smallest absolute Gasteiger partial charge is 0.138 e. The highest BCUT2D eigenvalue weighted by Gasteiger charge is 2.31. The maximum absolute atomic E-state index is 11.6. The number of hydrogen-bond donors (Lipinski definition) is 1. The third-order valence-electron chi connectivity index (χ3n) is 4.30. The van der Waals surface area contributed by atoms with Crippen LogP contribution in [0.1, 0.15) is 59.3 Å². The molecule has 0 bridgehead atoms. The third-order valence-corrected chi connectivity index (χ3v) is 4.30. The van der Waals surface area contributed by atoms with Crippen molar-refractivity contribution in [3.8, 4) is 0 Å². The summed E-state index contributed by atoms with van der Waals surface area (Å²) in [5.41, 5.74) is 0. The van der Waals surface area contributed by atoms with Gasteiger partial charge in [0.2, 0.25) is 0 Å². The monoisotopic (exact) mass is 226 g/mol. The van der Waals surface area contributed by atoms with Crippen molar-refractivity contribution in [3.63, 3.8) is 0 Å². The van der Waals surface area contributed by atoms with Crippen LogP contribution in [0.2, 0.25) is 0 Å². The SMILES string of the molecule is CCC(=O)[C@H](C)[C@@H](O)[C@@H](C)C1CCCCC1. The predicted octanol–water partition coefficient (Wildman–Crippen LogP) is 3.18. The third kappa shape index (κ3) is 3.31. The second-order valence-electron chi connectivity index (χ2n) is 5.36. The van der Waals surface area contributed by atoms with Crippen LogP contribution in [0.25, 0.3) is 0 Å². The van der Waals surface area contributed by atoms with Crippen LogP contribution < -0.4 is 0 Å². The van der Waals surface area contributed by atoms with E-state index in [1.807, 2.05) is 13.8 Å². The average Bonchev–Trinajstić information content (AvgIpc) is 2.36. The first kappa shape index (κ1) is 13.7. The van der Waals surface area contributed by atoms with Crippen LogP contribution in [-0.4, -0.2) is 17.0 Å². The van der Waals surface area contributed by atoms with Crippen molar-refractivity contribution in [3.05, 3.63) is 0 Å². The van der Waals surface area contributed by atoms with Gasteiger partial charge in [-0.15, -0.1) is 0 Å². The molecule has 1 rings (SSSR count). The van der Waals surface area contributed by atoms with E-state index in [2.05, 4.69) is 6.92 Å². The predicted molar refractivity (Wildman–Crippen MR) is 66.2 cm³/mol. The summed E-state index contributed by atoms with van der Waals surface area (Å²) in [4.78, 5) is 11.6. The number of rotatable bonds is 5. The van der Waals surface area contributed by atoms with Crippen LogP contribution in [0, 0.1) is 17.8 Å². The van der Waals surface area contributed by atoms with E-state index in [4.69, 9.17) is 0 Å². The van der Waals surface area contributed by atoms with Gasteiger partial charge in [-0.25, -0.2) is 0 Å². The van der Waals surface area contributed by atoms with E-state index in [0.29, 0.717) is 12.3 Å². The Balaban J connectivity index is 2.51. The lowest BCUT2D eigenvalue weighted by Crippen LogP contribution is -2.35. The number of carbonyl (C=O) groups is 1. The number of aliphatic hydroxyl groups is 1. The van der Waals surface area contributed by atoms with Gasteiger partial charge in [-0.3, -0.25) is 4.79 Å². The molecule has 2 heteroatoms. The summed E-state index contributed by atoms with van der Waals surface area (Å²) in [6, 6.07) is 0. The van der Waals surface area contributed by atoms with Gasteiger partial charge in [0.1, 0.15) is 5.78 Å². The van der Waals surface area contributed by atoms with Crippen LogP contribution in [0.4, 0.5) is 0 Å². The summed E-state index contributed by atoms with van der Waals surface area (Å²) in [5, 5.41) is 10.2. The maximum atomic E-state index is 11.6. The zero-order valence-corrected chi connectivity index (χ0v) is 10.9. The number of Topliss-reactive ketones (excluding diaryl/α,β-unsaturated/α-hetero) is 1. The zero-order valence-electron chi connectivity index (χ0n) is 10.9. The standard InChI is InChI=1S/C14H26O2/c1-4-13(15)11(3)14(16)10(2)12-8-6-5-7-9-12/h10-12,14,16H,4-9H2,1-3H3/t10-,11-,14-/m0/s1. The van der Waals surface area contributed by atoms with E-state index < -0.39 is 6.10 Å². The first-order valence-corrected chi connectivity index (χ1v) is 6.78. The molecule has 3 atom stereocenters. The summed E-state index contributed by atoms with van der Waals surface area (Å²) < 4.78 is 0. The molecule has 0 aromatic rings. The molecule has 1 aliphatic carbocycles. The lowest BCUT2D eigenvalue weighted by molar-refractivity contribution is -0.127. The second kappa shape index (κ2) is 6.39. The Morgan fingerprint density at radius 3 is 2.31 bits per heavy atom. The van der Waals surface area contributed by atoms with E-state index in [9.17, 15) is 9.90 Å². The summed E-state index contributed by atoms with van der Waals surface area (Å²) in [6.45, 7) is 5.85. The Bertz CT molecular complexity index is 219. The van der Waals surface area contributed by atoms with Gasteiger partial charge in [0.25, 0.3) is 0 Å². The average molecular weight is 226 g/mol. The molecule has 0 aromatic carbocycles. The highest BCUT2D eigenvalue weighted by molar-refractivity contribution is 5.80. The fraction of sp³-hybridized carbons (Fsp3) is 0.929. The topological polar surface area (TPSA) is 37.3 Å². The maximum Gasteiger partial charge on any atom is 0.138 e. The van der Waals surface area contributed by atoms with Crippen LogP contribution in [0.5, 0.6) is 0 Å². The minimum atomic E-state index is -0.449. The number of hydrogen-bond acceptors (Lipinski definition) is 2. The molecule has 0 saturated heterocycles. The van der Waals surface area contributed by atoms with Crippen LogP contribution in [0.3, 0.4) is 0 Å². The Labute approximate surface area is 99.4 Å². The molecule has 0 aliphatic heterocycles. The lowest BCUT2D eigenvalue weighted by atomic mass is 9.75. The van der Waals surface area contributed by atoms with Gasteiger partial charge in [-0.2, -0.15) is 0 Å². The molecule has 1 aliphatic rings. The lowest BCUT2D eigenvalue weighted by Gasteiger charge is -2.33. The van der Waals surface area contributed by atoms with Gasteiger partial charge in [0.05, 0.1) is 6.10 Å². The molecule has 0 spiro atoms. The Morgan fingerprint density at radius 1 is 1.25 bits per heavy atom. The molecular weight excluding hydrogens is 200 g/mol. The Kier molecular flexibility index (Phi) is 5.47. The van der Waals surface area contributed by atoms with Crippen molar-refractivity contribution >= 4 is 5.78 Å². The van der Waals surface area contributed by atoms with E-state index in [1.165, 1.54) is 32.1 Å². The van der Waals surface area contributed by atoms with E-state index >= 15 is 0 Å². The number of carbonyl (C=O) groups excluding carboxylic acids is 1. The molecule has 16 heavy (non-hydrogen) atoms. The highest BCUT2D eigenvalue weighted by atomic mass is 16.3. The largest absolute Gasteiger partial charge is 0.392 e. The van der Waals surface area contributed by atoms with Crippen LogP contribution >= 0.6 is 0 Å². The van der Waals surface area contributed by atoms with Gasteiger partial charge in [-0.05, 0) is 11.8 Å². The summed E-state index contributed by atoms with van der Waals surface area (Å²) in [6.07, 6.45) is 6.46. The molecule has 1 N–H and O–H groups in total. The van der Waals surface area contributed by atoms with E-state index in [0.717, 1.165) is 0 Å². The molecule has 0 unspecified atom stereocenters. The number of ketones is 1. The van der Waals surface area contributed by atoms with Crippen molar-refractivity contribution in [2.24, 2.45) is 17.8 Å². The molecule has 2 nitrogen and oxygen atoms in total. The van der Waals surface area contributed by atoms with Gasteiger partial charge in [0, 0.05) is 12.3 Å². The normalized spacial score (nSPS) is 23.8. The van der Waals surface area contributed by atoms with Crippen LogP contribution in [0.15, 0.2) is 0 Å². The quantitative estimate of drug-likeness (QED) is 0.781. The zero-order chi connectivity index (χ0) is 12.1. The van der Waals surface area contributed by atoms with Crippen molar-refractivity contribution in [2.75, 3.05) is 0 Å².